The average molecular weight is 575 g/mol. The lowest BCUT2D eigenvalue weighted by molar-refractivity contribution is 0.0916. The number of amidine groups is 1. The van der Waals surface area contributed by atoms with Gasteiger partial charge in [-0.25, -0.2) is 0 Å². The largest absolute Gasteiger partial charge is 0.398 e. The number of halogens is 1. The second-order valence-electron chi connectivity index (χ2n) is 8.96. The molecule has 7 nitrogen and oxygen atoms in total. The van der Waals surface area contributed by atoms with Gasteiger partial charge < -0.3 is 26.2 Å². The molecule has 1 saturated carbocycles. The molecule has 8 heteroatoms. The van der Waals surface area contributed by atoms with E-state index in [2.05, 4.69) is 51.8 Å². The van der Waals surface area contributed by atoms with Crippen molar-refractivity contribution >= 4 is 45.7 Å². The third-order valence-electron chi connectivity index (χ3n) is 6.50. The number of alkyl halides is 1. The molecule has 1 amide bonds. The zero-order chi connectivity index (χ0) is 24.8. The van der Waals surface area contributed by atoms with Crippen LogP contribution in [0.3, 0.4) is 0 Å². The van der Waals surface area contributed by atoms with E-state index in [9.17, 15) is 4.79 Å². The molecular weight excluding hydrogens is 539 g/mol. The van der Waals surface area contributed by atoms with Crippen LogP contribution in [0.25, 0.3) is 0 Å². The summed E-state index contributed by atoms with van der Waals surface area (Å²) in [5.74, 6) is 1.21. The highest BCUT2D eigenvalue weighted by atomic mass is 127. The lowest BCUT2D eigenvalue weighted by atomic mass is 9.90. The first-order valence-corrected chi connectivity index (χ1v) is 13.0. The van der Waals surface area contributed by atoms with E-state index < -0.39 is 0 Å². The average Bonchev–Trinajstić information content (AvgIpc) is 2.83. The van der Waals surface area contributed by atoms with Crippen molar-refractivity contribution in [2.45, 2.75) is 42.2 Å². The smallest absolute Gasteiger partial charge is 0.251 e. The van der Waals surface area contributed by atoms with Gasteiger partial charge in [0.25, 0.3) is 5.91 Å². The first-order chi connectivity index (χ1) is 16.2. The van der Waals surface area contributed by atoms with Crippen LogP contribution in [0.15, 0.2) is 54.9 Å². The van der Waals surface area contributed by atoms with E-state index in [1.807, 2.05) is 56.6 Å². The predicted octanol–water partition coefficient (Wildman–Crippen LogP) is 4.65. The zero-order valence-electron chi connectivity index (χ0n) is 20.2. The molecule has 0 aromatic heterocycles. The Labute approximate surface area is 216 Å². The standard InChI is InChI=1S/C26H35IN6O/c1-17(30-24-11-6-5-8-21(24)25(29)32(2)3)33(4)19-14-12-18(13-15-19)31-26(34)20-9-7-10-23(28)22(20)16-27/h5-11,18-19,29-30H,1,12-16,28H2,2-4H3,(H,31,34). The van der Waals surface area contributed by atoms with Crippen LogP contribution >= 0.6 is 22.6 Å². The number of carbonyl (C=O) groups excluding carboxylic acids is 1. The highest BCUT2D eigenvalue weighted by Crippen LogP contribution is 2.27. The van der Waals surface area contributed by atoms with Gasteiger partial charge in [0.2, 0.25) is 0 Å². The SMILES string of the molecule is C=C(Nc1ccccc1C(=N)N(C)C)N(C)C1CCC(NC(=O)c2cccc(N)c2CI)CC1. The predicted molar refractivity (Wildman–Crippen MR) is 150 cm³/mol. The fraction of sp³-hybridized carbons (Fsp3) is 0.385. The number of anilines is 2. The van der Waals surface area contributed by atoms with E-state index in [-0.39, 0.29) is 11.9 Å². The second-order valence-corrected chi connectivity index (χ2v) is 9.72. The van der Waals surface area contributed by atoms with Crippen molar-refractivity contribution in [3.8, 4) is 0 Å². The van der Waals surface area contributed by atoms with Crippen LogP contribution in [-0.2, 0) is 4.43 Å². The molecule has 1 aliphatic rings. The Kier molecular flexibility index (Phi) is 8.82. The number of carbonyl (C=O) groups is 1. The summed E-state index contributed by atoms with van der Waals surface area (Å²) < 4.78 is 0.705. The van der Waals surface area contributed by atoms with Crippen LogP contribution in [0.5, 0.6) is 0 Å². The highest BCUT2D eigenvalue weighted by molar-refractivity contribution is 14.1. The second kappa shape index (κ2) is 11.6. The molecule has 34 heavy (non-hydrogen) atoms. The number of nitrogen functional groups attached to an aromatic ring is 1. The maximum absolute atomic E-state index is 12.9. The fourth-order valence-electron chi connectivity index (χ4n) is 4.34. The van der Waals surface area contributed by atoms with Gasteiger partial charge in [-0.1, -0.05) is 47.4 Å². The Balaban J connectivity index is 1.57. The highest BCUT2D eigenvalue weighted by Gasteiger charge is 2.27. The van der Waals surface area contributed by atoms with Crippen LogP contribution < -0.4 is 16.4 Å². The molecule has 0 spiro atoms. The van der Waals surface area contributed by atoms with E-state index in [0.717, 1.165) is 48.3 Å². The molecule has 0 bridgehead atoms. The van der Waals surface area contributed by atoms with Crippen molar-refractivity contribution in [3.63, 3.8) is 0 Å². The van der Waals surface area contributed by atoms with Crippen molar-refractivity contribution in [2.75, 3.05) is 32.2 Å². The monoisotopic (exact) mass is 574 g/mol. The summed E-state index contributed by atoms with van der Waals surface area (Å²) in [6.45, 7) is 4.25. The van der Waals surface area contributed by atoms with E-state index in [1.54, 1.807) is 4.90 Å². The third-order valence-corrected chi connectivity index (χ3v) is 7.27. The third kappa shape index (κ3) is 6.02. The molecule has 0 saturated heterocycles. The molecule has 3 rings (SSSR count). The van der Waals surface area contributed by atoms with Crippen LogP contribution in [0.4, 0.5) is 11.4 Å². The maximum atomic E-state index is 12.9. The van der Waals surface area contributed by atoms with E-state index >= 15 is 0 Å². The normalized spacial score (nSPS) is 17.5. The number of para-hydroxylation sites is 1. The van der Waals surface area contributed by atoms with Gasteiger partial charge in [-0.2, -0.15) is 0 Å². The number of nitrogens with two attached hydrogens (primary N) is 1. The van der Waals surface area contributed by atoms with Gasteiger partial charge in [-0.3, -0.25) is 10.2 Å². The molecule has 0 unspecified atom stereocenters. The molecule has 182 valence electrons. The minimum atomic E-state index is -0.0400. The fourth-order valence-corrected chi connectivity index (χ4v) is 5.19. The number of nitrogens with zero attached hydrogens (tertiary/aromatic N) is 2. The Morgan fingerprint density at radius 1 is 1.09 bits per heavy atom. The maximum Gasteiger partial charge on any atom is 0.251 e. The Hall–Kier alpha value is -2.75. The quantitative estimate of drug-likeness (QED) is 0.121. The van der Waals surface area contributed by atoms with E-state index in [4.69, 9.17) is 11.1 Å². The molecule has 0 heterocycles. The van der Waals surface area contributed by atoms with E-state index in [1.165, 1.54) is 0 Å². The van der Waals surface area contributed by atoms with E-state index in [0.29, 0.717) is 27.6 Å². The molecule has 5 N–H and O–H groups in total. The summed E-state index contributed by atoms with van der Waals surface area (Å²) in [6.07, 6.45) is 3.76. The van der Waals surface area contributed by atoms with Gasteiger partial charge in [0.05, 0.1) is 11.5 Å². The molecule has 0 atom stereocenters. The van der Waals surface area contributed by atoms with Crippen LogP contribution in [0.2, 0.25) is 0 Å². The number of benzene rings is 2. The Bertz CT molecular complexity index is 1050. The first-order valence-electron chi connectivity index (χ1n) is 11.5. The Morgan fingerprint density at radius 2 is 1.74 bits per heavy atom. The van der Waals surface area contributed by atoms with Crippen LogP contribution in [0.1, 0.15) is 47.2 Å². The number of hydrogen-bond donors (Lipinski definition) is 4. The molecular formula is C26H35IN6O. The summed E-state index contributed by atoms with van der Waals surface area (Å²) in [5, 5.41) is 15.0. The van der Waals surface area contributed by atoms with Crippen LogP contribution in [-0.4, -0.2) is 54.8 Å². The summed E-state index contributed by atoms with van der Waals surface area (Å²) in [6, 6.07) is 13.8. The Morgan fingerprint density at radius 3 is 2.38 bits per heavy atom. The van der Waals surface area contributed by atoms with Gasteiger partial charge in [0.1, 0.15) is 5.84 Å². The van der Waals surface area contributed by atoms with Crippen molar-refractivity contribution in [1.29, 1.82) is 5.41 Å². The van der Waals surface area contributed by atoms with Gasteiger partial charge in [-0.15, -0.1) is 0 Å². The van der Waals surface area contributed by atoms with Gasteiger partial charge in [0, 0.05) is 54.5 Å². The topological polar surface area (TPSA) is 97.5 Å². The summed E-state index contributed by atoms with van der Waals surface area (Å²) >= 11 is 2.25. The van der Waals surface area contributed by atoms with Crippen molar-refractivity contribution < 1.29 is 4.79 Å². The van der Waals surface area contributed by atoms with Crippen LogP contribution in [0, 0.1) is 5.41 Å². The lowest BCUT2D eigenvalue weighted by Gasteiger charge is -2.37. The number of rotatable bonds is 8. The van der Waals surface area contributed by atoms with Gasteiger partial charge in [0.15, 0.2) is 0 Å². The van der Waals surface area contributed by atoms with Crippen molar-refractivity contribution in [1.82, 2.24) is 15.1 Å². The minimum absolute atomic E-state index is 0.0400. The van der Waals surface area contributed by atoms with Crippen molar-refractivity contribution in [3.05, 3.63) is 71.6 Å². The van der Waals surface area contributed by atoms with Gasteiger partial charge >= 0.3 is 0 Å². The molecule has 1 fully saturated rings. The summed E-state index contributed by atoms with van der Waals surface area (Å²) in [4.78, 5) is 16.8. The number of amides is 1. The van der Waals surface area contributed by atoms with Gasteiger partial charge in [-0.05, 0) is 55.5 Å². The summed E-state index contributed by atoms with van der Waals surface area (Å²) in [7, 11) is 5.79. The number of nitrogens with one attached hydrogen (secondary N) is 3. The molecule has 0 radical (unpaired) electrons. The summed E-state index contributed by atoms with van der Waals surface area (Å²) in [5.41, 5.74) is 10.0. The first kappa shape index (κ1) is 25.9. The molecule has 2 aromatic carbocycles. The number of hydrogen-bond acceptors (Lipinski definition) is 5. The zero-order valence-corrected chi connectivity index (χ0v) is 22.4. The molecule has 1 aliphatic carbocycles. The lowest BCUT2D eigenvalue weighted by Crippen LogP contribution is -2.43. The minimum Gasteiger partial charge on any atom is -0.398 e. The van der Waals surface area contributed by atoms with Crippen molar-refractivity contribution in [2.24, 2.45) is 0 Å². The molecule has 0 aliphatic heterocycles. The molecule has 2 aromatic rings.